The number of hydrogen-bond donors (Lipinski definition) is 5. The Morgan fingerprint density at radius 2 is 1.87 bits per heavy atom. The Kier molecular flexibility index (Phi) is 9.11. The van der Waals surface area contributed by atoms with Crippen molar-refractivity contribution in [2.75, 3.05) is 24.5 Å². The summed E-state index contributed by atoms with van der Waals surface area (Å²) in [6.45, 7) is 6.71. The van der Waals surface area contributed by atoms with Crippen molar-refractivity contribution in [3.8, 4) is 11.5 Å². The quantitative estimate of drug-likeness (QED) is 0.261. The maximum atomic E-state index is 13.0. The SMILES string of the molecule is CC(=N)N1CCC(N=C(N)c2ccc(O)c(/C=C/CN(C(=O)C(C)C)c3cccc(O)c3C(=O)O)c2)CC1. The van der Waals surface area contributed by atoms with Gasteiger partial charge in [0, 0.05) is 36.7 Å². The number of nitrogens with one attached hydrogen (secondary N) is 1. The highest BCUT2D eigenvalue weighted by molar-refractivity contribution is 6.04. The number of likely N-dealkylation sites (tertiary alicyclic amines) is 1. The van der Waals surface area contributed by atoms with Gasteiger partial charge in [0.05, 0.1) is 17.6 Å². The summed E-state index contributed by atoms with van der Waals surface area (Å²) in [6, 6.07) is 9.17. The molecule has 0 saturated carbocycles. The van der Waals surface area contributed by atoms with Crippen LogP contribution in [0.15, 0.2) is 47.5 Å². The van der Waals surface area contributed by atoms with Gasteiger partial charge in [-0.2, -0.15) is 0 Å². The monoisotopic (exact) mass is 521 g/mol. The number of anilines is 1. The number of carbonyl (C=O) groups excluding carboxylic acids is 1. The third kappa shape index (κ3) is 6.70. The van der Waals surface area contributed by atoms with Crippen molar-refractivity contribution in [3.63, 3.8) is 0 Å². The molecule has 202 valence electrons. The number of benzene rings is 2. The lowest BCUT2D eigenvalue weighted by Gasteiger charge is -2.31. The van der Waals surface area contributed by atoms with E-state index in [0.717, 1.165) is 25.9 Å². The molecule has 10 nitrogen and oxygen atoms in total. The zero-order valence-electron chi connectivity index (χ0n) is 21.9. The summed E-state index contributed by atoms with van der Waals surface area (Å²) in [5.74, 6) is -1.60. The van der Waals surface area contributed by atoms with Crippen LogP contribution in [0.3, 0.4) is 0 Å². The van der Waals surface area contributed by atoms with Gasteiger partial charge in [0.2, 0.25) is 5.91 Å². The predicted molar refractivity (Wildman–Crippen MR) is 148 cm³/mol. The van der Waals surface area contributed by atoms with Gasteiger partial charge in [0.1, 0.15) is 22.9 Å². The number of aromatic hydroxyl groups is 2. The molecule has 3 rings (SSSR count). The number of carbonyl (C=O) groups is 2. The van der Waals surface area contributed by atoms with E-state index in [1.165, 1.54) is 29.2 Å². The first-order valence-electron chi connectivity index (χ1n) is 12.5. The van der Waals surface area contributed by atoms with Crippen LogP contribution in [0.1, 0.15) is 55.1 Å². The van der Waals surface area contributed by atoms with Crippen molar-refractivity contribution >= 4 is 35.3 Å². The Balaban J connectivity index is 1.82. The molecule has 0 aliphatic carbocycles. The highest BCUT2D eigenvalue weighted by Gasteiger charge is 2.25. The van der Waals surface area contributed by atoms with E-state index in [1.54, 1.807) is 45.1 Å². The number of hydrogen-bond acceptors (Lipinski definition) is 6. The topological polar surface area (TPSA) is 164 Å². The molecule has 0 bridgehead atoms. The summed E-state index contributed by atoms with van der Waals surface area (Å²) in [6.07, 6.45) is 4.86. The largest absolute Gasteiger partial charge is 0.507 e. The zero-order valence-corrected chi connectivity index (χ0v) is 21.9. The van der Waals surface area contributed by atoms with Crippen molar-refractivity contribution in [3.05, 3.63) is 59.2 Å². The maximum absolute atomic E-state index is 13.0. The van der Waals surface area contributed by atoms with Crippen LogP contribution in [0.5, 0.6) is 11.5 Å². The number of aromatic carboxylic acids is 1. The molecule has 1 heterocycles. The second-order valence-corrected chi connectivity index (χ2v) is 9.57. The highest BCUT2D eigenvalue weighted by Crippen LogP contribution is 2.30. The van der Waals surface area contributed by atoms with Gasteiger partial charge < -0.3 is 30.9 Å². The van der Waals surface area contributed by atoms with E-state index in [0.29, 0.717) is 22.8 Å². The molecule has 1 aliphatic rings. The molecule has 0 radical (unpaired) electrons. The molecule has 1 saturated heterocycles. The fourth-order valence-electron chi connectivity index (χ4n) is 4.33. The number of nitrogens with two attached hydrogens (primary N) is 1. The minimum Gasteiger partial charge on any atom is -0.507 e. The fourth-order valence-corrected chi connectivity index (χ4v) is 4.33. The number of phenolic OH excluding ortho intramolecular Hbond substituents is 1. The molecule has 0 unspecified atom stereocenters. The fraction of sp³-hybridized carbons (Fsp3) is 0.357. The van der Waals surface area contributed by atoms with E-state index in [1.807, 2.05) is 4.90 Å². The molecule has 2 aromatic rings. The maximum Gasteiger partial charge on any atom is 0.341 e. The van der Waals surface area contributed by atoms with Crippen LogP contribution in [-0.4, -0.2) is 69.4 Å². The molecular formula is C28H35N5O5. The standard InChI is InChI=1S/C28H35N5O5/c1-17(2)27(36)33(22-7-4-8-24(35)25(22)28(37)38)13-5-6-19-16-20(9-10-23(19)34)26(30)31-21-11-14-32(15-12-21)18(3)29/h4-10,16-17,21,29,34-35H,11-15H2,1-3H3,(H2,30,31)(H,37,38)/b6-5+,29-18?. The lowest BCUT2D eigenvalue weighted by atomic mass is 10.0. The van der Waals surface area contributed by atoms with Gasteiger partial charge in [-0.3, -0.25) is 15.2 Å². The Morgan fingerprint density at radius 3 is 2.47 bits per heavy atom. The van der Waals surface area contributed by atoms with Crippen LogP contribution in [0.25, 0.3) is 6.08 Å². The van der Waals surface area contributed by atoms with Crippen LogP contribution in [0.4, 0.5) is 5.69 Å². The summed E-state index contributed by atoms with van der Waals surface area (Å²) < 4.78 is 0. The zero-order chi connectivity index (χ0) is 28.0. The van der Waals surface area contributed by atoms with E-state index < -0.39 is 17.6 Å². The minimum atomic E-state index is -1.35. The molecule has 2 aromatic carbocycles. The van der Waals surface area contributed by atoms with Gasteiger partial charge >= 0.3 is 5.97 Å². The van der Waals surface area contributed by atoms with E-state index >= 15 is 0 Å². The van der Waals surface area contributed by atoms with Crippen LogP contribution >= 0.6 is 0 Å². The Labute approximate surface area is 222 Å². The van der Waals surface area contributed by atoms with Gasteiger partial charge in [0.15, 0.2) is 0 Å². The number of carboxylic acid groups (broad SMARTS) is 1. The normalized spacial score (nSPS) is 14.7. The van der Waals surface area contributed by atoms with Crippen LogP contribution < -0.4 is 10.6 Å². The van der Waals surface area contributed by atoms with Crippen molar-refractivity contribution < 1.29 is 24.9 Å². The number of carboxylic acids is 1. The van der Waals surface area contributed by atoms with Gasteiger partial charge in [-0.05, 0) is 50.1 Å². The Bertz CT molecular complexity index is 1260. The number of amidine groups is 2. The average Bonchev–Trinajstić information content (AvgIpc) is 2.87. The smallest absolute Gasteiger partial charge is 0.341 e. The highest BCUT2D eigenvalue weighted by atomic mass is 16.4. The first kappa shape index (κ1) is 28.2. The lowest BCUT2D eigenvalue weighted by molar-refractivity contribution is -0.121. The van der Waals surface area contributed by atoms with E-state index in [-0.39, 0.29) is 35.5 Å². The van der Waals surface area contributed by atoms with Gasteiger partial charge in [0.25, 0.3) is 0 Å². The van der Waals surface area contributed by atoms with Crippen molar-refractivity contribution in [2.24, 2.45) is 16.6 Å². The number of piperidine rings is 1. The Morgan fingerprint density at radius 1 is 1.18 bits per heavy atom. The van der Waals surface area contributed by atoms with E-state index in [9.17, 15) is 24.9 Å². The number of phenols is 2. The first-order chi connectivity index (χ1) is 18.0. The molecule has 10 heteroatoms. The van der Waals surface area contributed by atoms with Crippen molar-refractivity contribution in [1.82, 2.24) is 4.90 Å². The molecule has 0 spiro atoms. The second-order valence-electron chi connectivity index (χ2n) is 9.57. The van der Waals surface area contributed by atoms with Crippen molar-refractivity contribution in [2.45, 2.75) is 39.7 Å². The summed E-state index contributed by atoms with van der Waals surface area (Å²) in [5, 5.41) is 37.9. The number of aliphatic imine (C=N–C) groups is 1. The number of rotatable bonds is 8. The predicted octanol–water partition coefficient (Wildman–Crippen LogP) is 3.67. The third-order valence-electron chi connectivity index (χ3n) is 6.45. The molecule has 1 amide bonds. The van der Waals surface area contributed by atoms with Gasteiger partial charge in [-0.15, -0.1) is 0 Å². The number of nitrogens with zero attached hydrogens (tertiary/aromatic N) is 3. The molecule has 0 atom stereocenters. The molecule has 1 aliphatic heterocycles. The molecule has 0 aromatic heterocycles. The molecule has 1 fully saturated rings. The number of amides is 1. The average molecular weight is 522 g/mol. The van der Waals surface area contributed by atoms with E-state index in [4.69, 9.17) is 11.1 Å². The minimum absolute atomic E-state index is 0.0119. The summed E-state index contributed by atoms with van der Waals surface area (Å²) in [5.41, 5.74) is 7.11. The first-order valence-corrected chi connectivity index (χ1v) is 12.5. The van der Waals surface area contributed by atoms with Gasteiger partial charge in [-0.1, -0.05) is 32.1 Å². The Hall–Kier alpha value is -4.34. The molecular weight excluding hydrogens is 486 g/mol. The summed E-state index contributed by atoms with van der Waals surface area (Å²) in [7, 11) is 0. The third-order valence-corrected chi connectivity index (χ3v) is 6.45. The summed E-state index contributed by atoms with van der Waals surface area (Å²) >= 11 is 0. The van der Waals surface area contributed by atoms with Crippen LogP contribution in [0.2, 0.25) is 0 Å². The lowest BCUT2D eigenvalue weighted by Crippen LogP contribution is -2.38. The summed E-state index contributed by atoms with van der Waals surface area (Å²) in [4.78, 5) is 32.7. The van der Waals surface area contributed by atoms with E-state index in [2.05, 4.69) is 4.99 Å². The van der Waals surface area contributed by atoms with Crippen LogP contribution in [-0.2, 0) is 4.79 Å². The molecule has 38 heavy (non-hydrogen) atoms. The second kappa shape index (κ2) is 12.3. The molecule has 6 N–H and O–H groups in total. The van der Waals surface area contributed by atoms with Gasteiger partial charge in [-0.25, -0.2) is 4.79 Å². The van der Waals surface area contributed by atoms with Crippen molar-refractivity contribution in [1.29, 1.82) is 5.41 Å². The van der Waals surface area contributed by atoms with Crippen LogP contribution in [0, 0.1) is 11.3 Å².